The summed E-state index contributed by atoms with van der Waals surface area (Å²) in [6, 6.07) is 2.60. The second-order valence-electron chi connectivity index (χ2n) is 4.00. The molecule has 0 saturated carbocycles. The SMILES string of the molecule is CC(NCCCn1ccnc1)c1cc(Br)cs1. The van der Waals surface area contributed by atoms with E-state index in [1.165, 1.54) is 9.35 Å². The van der Waals surface area contributed by atoms with E-state index in [1.54, 1.807) is 11.3 Å². The van der Waals surface area contributed by atoms with Crippen LogP contribution >= 0.6 is 27.3 Å². The number of nitrogens with one attached hydrogen (secondary N) is 1. The Morgan fingerprint density at radius 2 is 2.47 bits per heavy atom. The first-order valence-corrected chi connectivity index (χ1v) is 7.36. The second kappa shape index (κ2) is 6.33. The Morgan fingerprint density at radius 1 is 1.59 bits per heavy atom. The Bertz CT molecular complexity index is 438. The van der Waals surface area contributed by atoms with Gasteiger partial charge < -0.3 is 9.88 Å². The Balaban J connectivity index is 1.68. The van der Waals surface area contributed by atoms with E-state index in [1.807, 2.05) is 18.7 Å². The Labute approximate surface area is 114 Å². The van der Waals surface area contributed by atoms with Crippen molar-refractivity contribution in [3.8, 4) is 0 Å². The number of aryl methyl sites for hydroxylation is 1. The van der Waals surface area contributed by atoms with Gasteiger partial charge in [0, 0.05) is 39.7 Å². The van der Waals surface area contributed by atoms with Gasteiger partial charge in [0.05, 0.1) is 6.33 Å². The number of hydrogen-bond acceptors (Lipinski definition) is 3. The first-order valence-electron chi connectivity index (χ1n) is 5.69. The van der Waals surface area contributed by atoms with Gasteiger partial charge in [-0.3, -0.25) is 0 Å². The molecule has 1 atom stereocenters. The molecule has 2 aromatic rings. The van der Waals surface area contributed by atoms with Crippen LogP contribution in [0.1, 0.15) is 24.3 Å². The van der Waals surface area contributed by atoms with Gasteiger partial charge in [-0.2, -0.15) is 0 Å². The van der Waals surface area contributed by atoms with E-state index in [2.05, 4.69) is 49.2 Å². The van der Waals surface area contributed by atoms with E-state index in [-0.39, 0.29) is 0 Å². The molecule has 2 rings (SSSR count). The third-order valence-corrected chi connectivity index (χ3v) is 4.49. The molecular weight excluding hydrogens is 298 g/mol. The number of imidazole rings is 1. The van der Waals surface area contributed by atoms with E-state index in [0.29, 0.717) is 6.04 Å². The van der Waals surface area contributed by atoms with Gasteiger partial charge >= 0.3 is 0 Å². The lowest BCUT2D eigenvalue weighted by molar-refractivity contribution is 0.531. The van der Waals surface area contributed by atoms with Crippen LogP contribution in [0.4, 0.5) is 0 Å². The van der Waals surface area contributed by atoms with Crippen molar-refractivity contribution in [2.24, 2.45) is 0 Å². The van der Waals surface area contributed by atoms with Crippen molar-refractivity contribution in [3.05, 3.63) is 39.5 Å². The van der Waals surface area contributed by atoms with E-state index in [0.717, 1.165) is 19.5 Å². The van der Waals surface area contributed by atoms with Crippen molar-refractivity contribution in [2.75, 3.05) is 6.54 Å². The largest absolute Gasteiger partial charge is 0.337 e. The summed E-state index contributed by atoms with van der Waals surface area (Å²) < 4.78 is 3.28. The first-order chi connectivity index (χ1) is 8.25. The maximum Gasteiger partial charge on any atom is 0.0945 e. The maximum atomic E-state index is 4.03. The third kappa shape index (κ3) is 3.94. The molecule has 1 unspecified atom stereocenters. The fourth-order valence-corrected chi connectivity index (χ4v) is 3.13. The number of hydrogen-bond donors (Lipinski definition) is 1. The van der Waals surface area contributed by atoms with Crippen LogP contribution in [0.2, 0.25) is 0 Å². The standard InChI is InChI=1S/C12H16BrN3S/c1-10(12-7-11(13)8-17-12)15-3-2-5-16-6-4-14-9-16/h4,6-10,15H,2-3,5H2,1H3. The van der Waals surface area contributed by atoms with E-state index in [9.17, 15) is 0 Å². The number of thiophene rings is 1. The van der Waals surface area contributed by atoms with Crippen LogP contribution < -0.4 is 5.32 Å². The summed E-state index contributed by atoms with van der Waals surface area (Å²) >= 11 is 5.27. The second-order valence-corrected chi connectivity index (χ2v) is 5.86. The summed E-state index contributed by atoms with van der Waals surface area (Å²) in [7, 11) is 0. The summed E-state index contributed by atoms with van der Waals surface area (Å²) in [6.45, 7) is 4.25. The lowest BCUT2D eigenvalue weighted by Gasteiger charge is -2.11. The van der Waals surface area contributed by atoms with Crippen LogP contribution in [0.5, 0.6) is 0 Å². The zero-order chi connectivity index (χ0) is 12.1. The van der Waals surface area contributed by atoms with Gasteiger partial charge in [0.2, 0.25) is 0 Å². The molecule has 2 aromatic heterocycles. The number of halogens is 1. The number of rotatable bonds is 6. The van der Waals surface area contributed by atoms with Gasteiger partial charge in [-0.1, -0.05) is 0 Å². The predicted octanol–water partition coefficient (Wildman–Crippen LogP) is 3.45. The maximum absolute atomic E-state index is 4.03. The molecule has 92 valence electrons. The molecule has 0 amide bonds. The highest BCUT2D eigenvalue weighted by Gasteiger charge is 2.06. The highest BCUT2D eigenvalue weighted by molar-refractivity contribution is 9.10. The molecule has 5 heteroatoms. The summed E-state index contributed by atoms with van der Waals surface area (Å²) in [4.78, 5) is 5.40. The highest BCUT2D eigenvalue weighted by atomic mass is 79.9. The first kappa shape index (κ1) is 12.8. The van der Waals surface area contributed by atoms with Crippen molar-refractivity contribution in [1.29, 1.82) is 0 Å². The minimum Gasteiger partial charge on any atom is -0.337 e. The minimum atomic E-state index is 0.425. The lowest BCUT2D eigenvalue weighted by atomic mass is 10.2. The van der Waals surface area contributed by atoms with Crippen molar-refractivity contribution < 1.29 is 0 Å². The van der Waals surface area contributed by atoms with Crippen molar-refractivity contribution in [3.63, 3.8) is 0 Å². The summed E-state index contributed by atoms with van der Waals surface area (Å²) in [5.74, 6) is 0. The zero-order valence-corrected chi connectivity index (χ0v) is 12.2. The summed E-state index contributed by atoms with van der Waals surface area (Å²) in [6.07, 6.45) is 6.80. The molecule has 1 N–H and O–H groups in total. The van der Waals surface area contributed by atoms with E-state index >= 15 is 0 Å². The van der Waals surface area contributed by atoms with Crippen molar-refractivity contribution >= 4 is 27.3 Å². The van der Waals surface area contributed by atoms with Crippen molar-refractivity contribution in [2.45, 2.75) is 25.9 Å². The number of nitrogens with zero attached hydrogens (tertiary/aromatic N) is 2. The van der Waals surface area contributed by atoms with Gasteiger partial charge in [0.25, 0.3) is 0 Å². The van der Waals surface area contributed by atoms with Gasteiger partial charge in [-0.15, -0.1) is 11.3 Å². The van der Waals surface area contributed by atoms with Gasteiger partial charge in [0.1, 0.15) is 0 Å². The zero-order valence-electron chi connectivity index (χ0n) is 9.77. The average Bonchev–Trinajstić information content (AvgIpc) is 2.95. The Hall–Kier alpha value is -0.650. The predicted molar refractivity (Wildman–Crippen MR) is 75.3 cm³/mol. The quantitative estimate of drug-likeness (QED) is 0.828. The van der Waals surface area contributed by atoms with Crippen LogP contribution in [-0.2, 0) is 6.54 Å². The fourth-order valence-electron chi connectivity index (χ4n) is 1.66. The van der Waals surface area contributed by atoms with Gasteiger partial charge in [-0.05, 0) is 41.9 Å². The van der Waals surface area contributed by atoms with Crippen LogP contribution in [-0.4, -0.2) is 16.1 Å². The molecule has 0 saturated heterocycles. The minimum absolute atomic E-state index is 0.425. The molecule has 0 spiro atoms. The topological polar surface area (TPSA) is 29.9 Å². The Morgan fingerprint density at radius 3 is 3.12 bits per heavy atom. The third-order valence-electron chi connectivity index (χ3n) is 2.62. The van der Waals surface area contributed by atoms with E-state index in [4.69, 9.17) is 0 Å². The molecule has 2 heterocycles. The number of aromatic nitrogens is 2. The average molecular weight is 314 g/mol. The molecule has 17 heavy (non-hydrogen) atoms. The van der Waals surface area contributed by atoms with E-state index < -0.39 is 0 Å². The Kier molecular flexibility index (Phi) is 4.76. The molecular formula is C12H16BrN3S. The molecule has 0 radical (unpaired) electrons. The monoisotopic (exact) mass is 313 g/mol. The molecule has 0 bridgehead atoms. The molecule has 0 aromatic carbocycles. The smallest absolute Gasteiger partial charge is 0.0945 e. The van der Waals surface area contributed by atoms with Crippen LogP contribution in [0.15, 0.2) is 34.6 Å². The summed E-state index contributed by atoms with van der Waals surface area (Å²) in [5, 5.41) is 5.65. The molecule has 0 fully saturated rings. The van der Waals surface area contributed by atoms with Crippen LogP contribution in [0.25, 0.3) is 0 Å². The summed E-state index contributed by atoms with van der Waals surface area (Å²) in [5.41, 5.74) is 0. The molecule has 0 aliphatic heterocycles. The van der Waals surface area contributed by atoms with Gasteiger partial charge in [0.15, 0.2) is 0 Å². The lowest BCUT2D eigenvalue weighted by Crippen LogP contribution is -2.20. The highest BCUT2D eigenvalue weighted by Crippen LogP contribution is 2.25. The van der Waals surface area contributed by atoms with Crippen LogP contribution in [0, 0.1) is 0 Å². The van der Waals surface area contributed by atoms with Gasteiger partial charge in [-0.25, -0.2) is 4.98 Å². The molecule has 0 aliphatic rings. The normalized spacial score (nSPS) is 12.8. The molecule has 3 nitrogen and oxygen atoms in total. The molecule has 0 aliphatic carbocycles. The van der Waals surface area contributed by atoms with Crippen molar-refractivity contribution in [1.82, 2.24) is 14.9 Å². The van der Waals surface area contributed by atoms with Crippen LogP contribution in [0.3, 0.4) is 0 Å². The fraction of sp³-hybridized carbons (Fsp3) is 0.417.